The fraction of sp³-hybridized carbons (Fsp3) is 0.235. The maximum Gasteiger partial charge on any atom is 0.230 e. The summed E-state index contributed by atoms with van der Waals surface area (Å²) in [5, 5.41) is 3.65. The third-order valence-electron chi connectivity index (χ3n) is 3.16. The molecule has 0 saturated heterocycles. The summed E-state index contributed by atoms with van der Waals surface area (Å²) in [6, 6.07) is 15.1. The Morgan fingerprint density at radius 1 is 1.27 bits per heavy atom. The third-order valence-corrected chi connectivity index (χ3v) is 4.40. The van der Waals surface area contributed by atoms with Crippen molar-refractivity contribution in [3.8, 4) is 5.75 Å². The van der Waals surface area contributed by atoms with Gasteiger partial charge in [0.15, 0.2) is 0 Å². The molecule has 5 heteroatoms. The van der Waals surface area contributed by atoms with E-state index in [4.69, 9.17) is 16.3 Å². The van der Waals surface area contributed by atoms with Gasteiger partial charge in [0, 0.05) is 9.92 Å². The highest BCUT2D eigenvalue weighted by atomic mass is 35.5. The molecule has 0 aliphatic rings. The monoisotopic (exact) mass is 335 g/mol. The minimum Gasteiger partial charge on any atom is -0.497 e. The van der Waals surface area contributed by atoms with E-state index in [1.807, 2.05) is 55.5 Å². The van der Waals surface area contributed by atoms with E-state index in [1.165, 1.54) is 11.8 Å². The fourth-order valence-corrected chi connectivity index (χ4v) is 2.87. The molecule has 0 fully saturated rings. The van der Waals surface area contributed by atoms with Crippen molar-refractivity contribution >= 4 is 29.3 Å². The zero-order valence-electron chi connectivity index (χ0n) is 12.5. The molecule has 0 bridgehead atoms. The van der Waals surface area contributed by atoms with Crippen LogP contribution in [0.15, 0.2) is 53.4 Å². The summed E-state index contributed by atoms with van der Waals surface area (Å²) in [6.45, 7) is 1.95. The molecule has 116 valence electrons. The number of amides is 1. The van der Waals surface area contributed by atoms with E-state index in [-0.39, 0.29) is 11.9 Å². The van der Waals surface area contributed by atoms with Crippen molar-refractivity contribution in [2.24, 2.45) is 0 Å². The van der Waals surface area contributed by atoms with Crippen molar-refractivity contribution in [1.29, 1.82) is 0 Å². The number of thioether (sulfide) groups is 1. The van der Waals surface area contributed by atoms with Gasteiger partial charge in [0.2, 0.25) is 5.91 Å². The van der Waals surface area contributed by atoms with Crippen LogP contribution in [-0.4, -0.2) is 18.8 Å². The van der Waals surface area contributed by atoms with E-state index in [0.29, 0.717) is 10.8 Å². The van der Waals surface area contributed by atoms with Crippen LogP contribution in [0.2, 0.25) is 5.02 Å². The summed E-state index contributed by atoms with van der Waals surface area (Å²) in [6.07, 6.45) is 0. The number of nitrogens with one attached hydrogen (secondary N) is 1. The number of benzene rings is 2. The molecular formula is C17H18ClNO2S. The normalized spacial score (nSPS) is 11.8. The van der Waals surface area contributed by atoms with Gasteiger partial charge in [-0.1, -0.05) is 23.7 Å². The number of hydrogen-bond acceptors (Lipinski definition) is 3. The molecule has 1 N–H and O–H groups in total. The van der Waals surface area contributed by atoms with Crippen LogP contribution in [0.3, 0.4) is 0 Å². The van der Waals surface area contributed by atoms with Gasteiger partial charge in [-0.05, 0) is 48.9 Å². The van der Waals surface area contributed by atoms with Gasteiger partial charge in [0.1, 0.15) is 5.75 Å². The highest BCUT2D eigenvalue weighted by Gasteiger charge is 2.10. The lowest BCUT2D eigenvalue weighted by molar-refractivity contribution is -0.119. The van der Waals surface area contributed by atoms with Crippen molar-refractivity contribution in [3.05, 3.63) is 59.1 Å². The Labute approximate surface area is 140 Å². The molecule has 2 aromatic carbocycles. The smallest absolute Gasteiger partial charge is 0.230 e. The molecule has 1 amide bonds. The summed E-state index contributed by atoms with van der Waals surface area (Å²) >= 11 is 7.46. The molecule has 2 rings (SSSR count). The molecule has 0 heterocycles. The molecule has 2 aromatic rings. The van der Waals surface area contributed by atoms with Crippen LogP contribution in [0.1, 0.15) is 18.5 Å². The zero-order valence-corrected chi connectivity index (χ0v) is 14.1. The Morgan fingerprint density at radius 3 is 2.64 bits per heavy atom. The molecule has 0 aliphatic carbocycles. The summed E-state index contributed by atoms with van der Waals surface area (Å²) in [5.41, 5.74) is 0.996. The predicted octanol–water partition coefficient (Wildman–Crippen LogP) is 4.32. The number of rotatable bonds is 6. The summed E-state index contributed by atoms with van der Waals surface area (Å²) in [5.74, 6) is 1.17. The highest BCUT2D eigenvalue weighted by Crippen LogP contribution is 2.22. The topological polar surface area (TPSA) is 38.3 Å². The largest absolute Gasteiger partial charge is 0.497 e. The predicted molar refractivity (Wildman–Crippen MR) is 91.7 cm³/mol. The minimum atomic E-state index is -0.0670. The van der Waals surface area contributed by atoms with E-state index in [9.17, 15) is 4.79 Å². The van der Waals surface area contributed by atoms with E-state index in [1.54, 1.807) is 7.11 Å². The average Bonchev–Trinajstić information content (AvgIpc) is 2.53. The fourth-order valence-electron chi connectivity index (χ4n) is 1.96. The van der Waals surface area contributed by atoms with Crippen LogP contribution in [0.4, 0.5) is 0 Å². The van der Waals surface area contributed by atoms with Gasteiger partial charge < -0.3 is 10.1 Å². The number of carbonyl (C=O) groups excluding carboxylic acids is 1. The van der Waals surface area contributed by atoms with Crippen LogP contribution < -0.4 is 10.1 Å². The number of carbonyl (C=O) groups is 1. The van der Waals surface area contributed by atoms with Crippen molar-refractivity contribution in [3.63, 3.8) is 0 Å². The van der Waals surface area contributed by atoms with Gasteiger partial charge in [-0.3, -0.25) is 4.79 Å². The van der Waals surface area contributed by atoms with Gasteiger partial charge in [-0.15, -0.1) is 11.8 Å². The molecule has 0 aliphatic heterocycles. The van der Waals surface area contributed by atoms with Crippen LogP contribution in [-0.2, 0) is 4.79 Å². The average molecular weight is 336 g/mol. The molecule has 0 saturated carbocycles. The van der Waals surface area contributed by atoms with Crippen LogP contribution in [0, 0.1) is 0 Å². The molecule has 22 heavy (non-hydrogen) atoms. The highest BCUT2D eigenvalue weighted by molar-refractivity contribution is 8.00. The Hall–Kier alpha value is -1.65. The van der Waals surface area contributed by atoms with Gasteiger partial charge in [0.25, 0.3) is 0 Å². The number of methoxy groups -OCH3 is 1. The maximum atomic E-state index is 12.0. The lowest BCUT2D eigenvalue weighted by Crippen LogP contribution is -2.28. The van der Waals surface area contributed by atoms with Crippen molar-refractivity contribution in [1.82, 2.24) is 5.32 Å². The first-order valence-electron chi connectivity index (χ1n) is 6.90. The van der Waals surface area contributed by atoms with E-state index in [2.05, 4.69) is 5.32 Å². The van der Waals surface area contributed by atoms with Gasteiger partial charge >= 0.3 is 0 Å². The molecule has 0 radical (unpaired) electrons. The second-order valence-electron chi connectivity index (χ2n) is 4.81. The van der Waals surface area contributed by atoms with Gasteiger partial charge in [-0.25, -0.2) is 0 Å². The van der Waals surface area contributed by atoms with E-state index in [0.717, 1.165) is 16.2 Å². The van der Waals surface area contributed by atoms with E-state index >= 15 is 0 Å². The summed E-state index contributed by atoms with van der Waals surface area (Å²) in [4.78, 5) is 13.1. The summed E-state index contributed by atoms with van der Waals surface area (Å²) < 4.78 is 5.11. The molecule has 1 unspecified atom stereocenters. The molecular weight excluding hydrogens is 318 g/mol. The lowest BCUT2D eigenvalue weighted by Gasteiger charge is -2.14. The number of halogens is 1. The minimum absolute atomic E-state index is 0.00621. The molecule has 1 atom stereocenters. The first-order valence-corrected chi connectivity index (χ1v) is 8.26. The van der Waals surface area contributed by atoms with E-state index < -0.39 is 0 Å². The van der Waals surface area contributed by atoms with Crippen LogP contribution >= 0.6 is 23.4 Å². The maximum absolute atomic E-state index is 12.0. The number of hydrogen-bond donors (Lipinski definition) is 1. The Bertz CT molecular complexity index is 631. The lowest BCUT2D eigenvalue weighted by atomic mass is 10.1. The quantitative estimate of drug-likeness (QED) is 0.799. The zero-order chi connectivity index (χ0) is 15.9. The number of ether oxygens (including phenoxy) is 1. The van der Waals surface area contributed by atoms with Crippen LogP contribution in [0.25, 0.3) is 0 Å². The second-order valence-corrected chi connectivity index (χ2v) is 6.29. The van der Waals surface area contributed by atoms with Crippen molar-refractivity contribution < 1.29 is 9.53 Å². The Balaban J connectivity index is 1.84. The summed E-state index contributed by atoms with van der Waals surface area (Å²) in [7, 11) is 1.63. The van der Waals surface area contributed by atoms with Gasteiger partial charge in [-0.2, -0.15) is 0 Å². The Morgan fingerprint density at radius 2 is 2.00 bits per heavy atom. The van der Waals surface area contributed by atoms with Crippen molar-refractivity contribution in [2.45, 2.75) is 17.9 Å². The molecule has 0 aromatic heterocycles. The molecule has 3 nitrogen and oxygen atoms in total. The van der Waals surface area contributed by atoms with Crippen molar-refractivity contribution in [2.75, 3.05) is 12.9 Å². The van der Waals surface area contributed by atoms with Gasteiger partial charge in [0.05, 0.1) is 18.9 Å². The molecule has 0 spiro atoms. The first-order chi connectivity index (χ1) is 10.6. The first kappa shape index (κ1) is 16.7. The second kappa shape index (κ2) is 8.11. The SMILES string of the molecule is COc1ccc(SCC(=O)NC(C)c2cccc(Cl)c2)cc1. The standard InChI is InChI=1S/C17H18ClNO2S/c1-12(13-4-3-5-14(18)10-13)19-17(20)11-22-16-8-6-15(21-2)7-9-16/h3-10,12H,11H2,1-2H3,(H,19,20). The third kappa shape index (κ3) is 4.97. The Kier molecular flexibility index (Phi) is 6.16. The van der Waals surface area contributed by atoms with Crippen LogP contribution in [0.5, 0.6) is 5.75 Å².